The average Bonchev–Trinajstić information content (AvgIpc) is 2.55. The van der Waals surface area contributed by atoms with Gasteiger partial charge in [-0.15, -0.1) is 0 Å². The third-order valence-electron chi connectivity index (χ3n) is 2.95. The molecule has 0 aliphatic rings. The molecule has 1 atom stereocenters. The third-order valence-corrected chi connectivity index (χ3v) is 3.82. The molecule has 0 saturated carbocycles. The summed E-state index contributed by atoms with van der Waals surface area (Å²) in [5, 5.41) is 8.58. The van der Waals surface area contributed by atoms with Crippen LogP contribution in [0.15, 0.2) is 60.7 Å². The SMILES string of the molecule is O=C(NC(NC(=S)Nc1ccccc1)C(Cl)(Cl)Cl)c1ccccc1. The van der Waals surface area contributed by atoms with Crippen molar-refractivity contribution in [1.82, 2.24) is 10.6 Å². The second-order valence-electron chi connectivity index (χ2n) is 4.78. The summed E-state index contributed by atoms with van der Waals surface area (Å²) in [6.07, 6.45) is -1.01. The third kappa shape index (κ3) is 5.83. The zero-order chi connectivity index (χ0) is 17.6. The van der Waals surface area contributed by atoms with E-state index in [1.807, 2.05) is 30.3 Å². The predicted molar refractivity (Wildman–Crippen MR) is 104 cm³/mol. The van der Waals surface area contributed by atoms with E-state index in [2.05, 4.69) is 16.0 Å². The van der Waals surface area contributed by atoms with Gasteiger partial charge in [-0.1, -0.05) is 71.2 Å². The predicted octanol–water partition coefficient (Wildman–Crippen LogP) is 4.10. The number of carbonyl (C=O) groups excluding carboxylic acids is 1. The normalized spacial score (nSPS) is 12.1. The number of para-hydroxylation sites is 1. The quantitative estimate of drug-likeness (QED) is 0.409. The number of halogens is 3. The van der Waals surface area contributed by atoms with E-state index < -0.39 is 9.96 Å². The number of anilines is 1. The van der Waals surface area contributed by atoms with E-state index in [0.717, 1.165) is 5.69 Å². The Morgan fingerprint density at radius 1 is 0.917 bits per heavy atom. The zero-order valence-corrected chi connectivity index (χ0v) is 15.4. The van der Waals surface area contributed by atoms with Crippen molar-refractivity contribution < 1.29 is 4.79 Å². The number of hydrogen-bond acceptors (Lipinski definition) is 2. The van der Waals surface area contributed by atoms with Crippen LogP contribution >= 0.6 is 47.0 Å². The molecule has 24 heavy (non-hydrogen) atoms. The van der Waals surface area contributed by atoms with E-state index >= 15 is 0 Å². The Kier molecular flexibility index (Phi) is 6.69. The van der Waals surface area contributed by atoms with Crippen molar-refractivity contribution >= 4 is 63.7 Å². The Bertz CT molecular complexity index is 693. The summed E-state index contributed by atoms with van der Waals surface area (Å²) in [5.41, 5.74) is 1.22. The molecular weight excluding hydrogens is 389 g/mol. The molecule has 1 unspecified atom stereocenters. The number of nitrogens with one attached hydrogen (secondary N) is 3. The fourth-order valence-electron chi connectivity index (χ4n) is 1.82. The van der Waals surface area contributed by atoms with Crippen LogP contribution in [0.2, 0.25) is 0 Å². The highest BCUT2D eigenvalue weighted by Crippen LogP contribution is 2.29. The first-order valence-corrected chi connectivity index (χ1v) is 8.45. The summed E-state index contributed by atoms with van der Waals surface area (Å²) < 4.78 is -1.80. The van der Waals surface area contributed by atoms with Crippen molar-refractivity contribution in [3.05, 3.63) is 66.2 Å². The van der Waals surface area contributed by atoms with Gasteiger partial charge in [0.1, 0.15) is 6.17 Å². The van der Waals surface area contributed by atoms with E-state index in [1.54, 1.807) is 30.3 Å². The van der Waals surface area contributed by atoms with Crippen LogP contribution in [0, 0.1) is 0 Å². The van der Waals surface area contributed by atoms with Crippen molar-refractivity contribution in [3.8, 4) is 0 Å². The summed E-state index contributed by atoms with van der Waals surface area (Å²) in [4.78, 5) is 12.3. The fourth-order valence-corrected chi connectivity index (χ4v) is 2.39. The highest BCUT2D eigenvalue weighted by molar-refractivity contribution is 7.80. The van der Waals surface area contributed by atoms with Crippen molar-refractivity contribution in [2.75, 3.05) is 5.32 Å². The van der Waals surface area contributed by atoms with Gasteiger partial charge in [-0.25, -0.2) is 0 Å². The first kappa shape index (κ1) is 18.8. The highest BCUT2D eigenvalue weighted by atomic mass is 35.6. The Labute approximate surface area is 160 Å². The van der Waals surface area contributed by atoms with Gasteiger partial charge in [-0.2, -0.15) is 0 Å². The molecule has 0 saturated heterocycles. The Morgan fingerprint density at radius 2 is 1.46 bits per heavy atom. The molecule has 2 aromatic carbocycles. The van der Waals surface area contributed by atoms with Gasteiger partial charge in [-0.05, 0) is 36.5 Å². The molecule has 1 amide bonds. The lowest BCUT2D eigenvalue weighted by Crippen LogP contribution is -2.56. The summed E-state index contributed by atoms with van der Waals surface area (Å²) in [6, 6.07) is 17.9. The molecule has 0 spiro atoms. The smallest absolute Gasteiger partial charge is 0.252 e. The Morgan fingerprint density at radius 3 is 2.00 bits per heavy atom. The molecule has 126 valence electrons. The highest BCUT2D eigenvalue weighted by Gasteiger charge is 2.34. The summed E-state index contributed by atoms with van der Waals surface area (Å²) in [5.74, 6) is -0.387. The van der Waals surface area contributed by atoms with Gasteiger partial charge >= 0.3 is 0 Å². The molecule has 0 fully saturated rings. The molecule has 2 aromatic rings. The first-order chi connectivity index (χ1) is 11.4. The molecular formula is C16H14Cl3N3OS. The van der Waals surface area contributed by atoms with Gasteiger partial charge in [0.05, 0.1) is 0 Å². The lowest BCUT2D eigenvalue weighted by atomic mass is 10.2. The number of carbonyl (C=O) groups is 1. The lowest BCUT2D eigenvalue weighted by molar-refractivity contribution is 0.0934. The second kappa shape index (κ2) is 8.53. The standard InChI is InChI=1S/C16H14Cl3N3OS/c17-16(18,19)14(21-13(23)11-7-3-1-4-8-11)22-15(24)20-12-9-5-2-6-10-12/h1-10,14H,(H,21,23)(H2,20,22,24). The van der Waals surface area contributed by atoms with E-state index in [1.165, 1.54) is 0 Å². The minimum absolute atomic E-state index is 0.214. The number of thiocarbonyl (C=S) groups is 1. The molecule has 4 nitrogen and oxygen atoms in total. The maximum absolute atomic E-state index is 12.3. The van der Waals surface area contributed by atoms with Gasteiger partial charge < -0.3 is 16.0 Å². The largest absolute Gasteiger partial charge is 0.339 e. The van der Waals surface area contributed by atoms with Gasteiger partial charge in [0.25, 0.3) is 5.91 Å². The molecule has 0 aliphatic carbocycles. The number of alkyl halides is 3. The molecule has 0 aliphatic heterocycles. The number of amides is 1. The molecule has 3 N–H and O–H groups in total. The minimum Gasteiger partial charge on any atom is -0.339 e. The summed E-state index contributed by atoms with van der Waals surface area (Å²) in [6.45, 7) is 0. The van der Waals surface area contributed by atoms with Crippen LogP contribution in [0.4, 0.5) is 5.69 Å². The number of hydrogen-bond donors (Lipinski definition) is 3. The summed E-state index contributed by atoms with van der Waals surface area (Å²) in [7, 11) is 0. The van der Waals surface area contributed by atoms with Crippen molar-refractivity contribution in [2.24, 2.45) is 0 Å². The van der Waals surface area contributed by atoms with Crippen molar-refractivity contribution in [1.29, 1.82) is 0 Å². The monoisotopic (exact) mass is 401 g/mol. The number of rotatable bonds is 4. The van der Waals surface area contributed by atoms with Gasteiger partial charge in [0, 0.05) is 11.3 Å². The number of benzene rings is 2. The van der Waals surface area contributed by atoms with Gasteiger partial charge in [0.15, 0.2) is 5.11 Å². The lowest BCUT2D eigenvalue weighted by Gasteiger charge is -2.27. The summed E-state index contributed by atoms with van der Waals surface area (Å²) >= 11 is 23.0. The average molecular weight is 403 g/mol. The molecule has 8 heteroatoms. The zero-order valence-electron chi connectivity index (χ0n) is 12.3. The van der Waals surface area contributed by atoms with Crippen molar-refractivity contribution in [3.63, 3.8) is 0 Å². The van der Waals surface area contributed by atoms with E-state index in [4.69, 9.17) is 47.0 Å². The van der Waals surface area contributed by atoms with E-state index in [0.29, 0.717) is 5.56 Å². The van der Waals surface area contributed by atoms with Crippen LogP contribution in [-0.4, -0.2) is 21.0 Å². The van der Waals surface area contributed by atoms with E-state index in [9.17, 15) is 4.79 Å². The Balaban J connectivity index is 2.03. The van der Waals surface area contributed by atoms with Crippen LogP contribution in [-0.2, 0) is 0 Å². The minimum atomic E-state index is -1.80. The second-order valence-corrected chi connectivity index (χ2v) is 7.56. The molecule has 0 radical (unpaired) electrons. The topological polar surface area (TPSA) is 53.2 Å². The molecule has 2 rings (SSSR count). The fraction of sp³-hybridized carbons (Fsp3) is 0.125. The maximum atomic E-state index is 12.3. The maximum Gasteiger partial charge on any atom is 0.252 e. The molecule has 0 bridgehead atoms. The Hall–Kier alpha value is -1.53. The van der Waals surface area contributed by atoms with Crippen LogP contribution < -0.4 is 16.0 Å². The van der Waals surface area contributed by atoms with Gasteiger partial charge in [0.2, 0.25) is 3.79 Å². The van der Waals surface area contributed by atoms with Crippen molar-refractivity contribution in [2.45, 2.75) is 9.96 Å². The molecule has 0 aromatic heterocycles. The van der Waals surface area contributed by atoms with E-state index in [-0.39, 0.29) is 11.0 Å². The van der Waals surface area contributed by atoms with Gasteiger partial charge in [-0.3, -0.25) is 4.79 Å². The molecule has 0 heterocycles. The van der Waals surface area contributed by atoms with Crippen LogP contribution in [0.1, 0.15) is 10.4 Å². The first-order valence-electron chi connectivity index (χ1n) is 6.91. The van der Waals surface area contributed by atoms with Crippen LogP contribution in [0.25, 0.3) is 0 Å². The van der Waals surface area contributed by atoms with Crippen LogP contribution in [0.3, 0.4) is 0 Å². The van der Waals surface area contributed by atoms with Crippen LogP contribution in [0.5, 0.6) is 0 Å².